The highest BCUT2D eigenvalue weighted by Crippen LogP contribution is 2.04. The predicted octanol–water partition coefficient (Wildman–Crippen LogP) is -0.983. The maximum absolute atomic E-state index is 11.9. The summed E-state index contributed by atoms with van der Waals surface area (Å²) in [4.78, 5) is 30.9. The lowest BCUT2D eigenvalue weighted by atomic mass is 10.0. The van der Waals surface area contributed by atoms with Crippen LogP contribution in [0.25, 0.3) is 0 Å². The lowest BCUT2D eigenvalue weighted by molar-refractivity contribution is -0.773. The van der Waals surface area contributed by atoms with Crippen molar-refractivity contribution in [1.29, 1.82) is 0 Å². The van der Waals surface area contributed by atoms with Crippen molar-refractivity contribution in [2.75, 3.05) is 0 Å². The third kappa shape index (κ3) is 3.46. The molecule has 0 aliphatic heterocycles. The average Bonchev–Trinajstić information content (AvgIpc) is 3.01. The molecule has 0 spiro atoms. The maximum atomic E-state index is 11.9. The fraction of sp³-hybridized carbons (Fsp3) is 0.455. The quantitative estimate of drug-likeness (QED) is 0.629. The molecule has 0 bridgehead atoms. The number of tetrazole rings is 1. The van der Waals surface area contributed by atoms with Crippen molar-refractivity contribution in [2.24, 2.45) is 5.92 Å². The minimum absolute atomic E-state index is 0.0187. The summed E-state index contributed by atoms with van der Waals surface area (Å²) in [5.74, 6) is -1.04. The molecule has 20 heavy (non-hydrogen) atoms. The van der Waals surface area contributed by atoms with E-state index in [0.29, 0.717) is 12.4 Å². The maximum Gasteiger partial charge on any atom is 0.304 e. The highest BCUT2D eigenvalue weighted by Gasteiger charge is 2.21. The van der Waals surface area contributed by atoms with Gasteiger partial charge in [0.15, 0.2) is 11.0 Å². The molecule has 0 radical (unpaired) electrons. The Morgan fingerprint density at radius 3 is 3.00 bits per heavy atom. The van der Waals surface area contributed by atoms with Crippen LogP contribution in [-0.2, 0) is 22.7 Å². The van der Waals surface area contributed by atoms with Gasteiger partial charge in [-0.2, -0.15) is 4.68 Å². The first kappa shape index (κ1) is 13.8. The van der Waals surface area contributed by atoms with Crippen molar-refractivity contribution in [3.8, 4) is 0 Å². The number of hydrogen-bond acceptors (Lipinski definition) is 5. The fourth-order valence-electron chi connectivity index (χ4n) is 1.71. The number of carboxylic acid groups (broad SMARTS) is 1. The molecule has 0 fully saturated rings. The van der Waals surface area contributed by atoms with Crippen molar-refractivity contribution in [3.63, 3.8) is 0 Å². The van der Waals surface area contributed by atoms with Crippen LogP contribution >= 0.6 is 0 Å². The summed E-state index contributed by atoms with van der Waals surface area (Å²) in [6, 6.07) is 0. The first-order valence-corrected chi connectivity index (χ1v) is 6.07. The highest BCUT2D eigenvalue weighted by molar-refractivity contribution is 5.84. The number of ketones is 1. The van der Waals surface area contributed by atoms with E-state index in [2.05, 4.69) is 20.3 Å². The van der Waals surface area contributed by atoms with E-state index in [1.165, 1.54) is 11.1 Å². The van der Waals surface area contributed by atoms with Gasteiger partial charge >= 0.3 is 5.97 Å². The zero-order chi connectivity index (χ0) is 14.5. The lowest BCUT2D eigenvalue weighted by Crippen LogP contribution is -2.46. The molecule has 0 aliphatic rings. The second-order valence-electron chi connectivity index (χ2n) is 4.45. The van der Waals surface area contributed by atoms with Gasteiger partial charge in [-0.3, -0.25) is 9.59 Å². The van der Waals surface area contributed by atoms with Gasteiger partial charge < -0.3 is 10.1 Å². The second-order valence-corrected chi connectivity index (χ2v) is 4.45. The Bertz CT molecular complexity index is 591. The molecule has 2 aromatic heterocycles. The van der Waals surface area contributed by atoms with E-state index in [1.807, 2.05) is 0 Å². The van der Waals surface area contributed by atoms with Gasteiger partial charge in [0, 0.05) is 18.3 Å². The van der Waals surface area contributed by atoms with E-state index in [9.17, 15) is 9.59 Å². The summed E-state index contributed by atoms with van der Waals surface area (Å²) in [5.41, 5.74) is 0. The summed E-state index contributed by atoms with van der Waals surface area (Å²) < 4.78 is 1.63. The van der Waals surface area contributed by atoms with Crippen LogP contribution in [0.3, 0.4) is 0 Å². The molecule has 106 valence electrons. The van der Waals surface area contributed by atoms with Gasteiger partial charge in [0.2, 0.25) is 0 Å². The summed E-state index contributed by atoms with van der Waals surface area (Å²) in [6.45, 7) is 1.97. The SMILES string of the molecule is CC(CC(=O)O)C(=O)Cn1nnc[n+]1Cc1ncc[nH]1. The molecule has 1 unspecified atom stereocenters. The number of imidazole rings is 1. The number of aliphatic carboxylic acids is 1. The fourth-order valence-corrected chi connectivity index (χ4v) is 1.71. The molecular formula is C11H15N6O3+. The van der Waals surface area contributed by atoms with Crippen molar-refractivity contribution in [1.82, 2.24) is 25.1 Å². The molecule has 2 aromatic rings. The predicted molar refractivity (Wildman–Crippen MR) is 64.3 cm³/mol. The normalized spacial score (nSPS) is 12.2. The highest BCUT2D eigenvalue weighted by atomic mass is 16.4. The Morgan fingerprint density at radius 2 is 2.35 bits per heavy atom. The monoisotopic (exact) mass is 279 g/mol. The molecule has 0 aromatic carbocycles. The van der Waals surface area contributed by atoms with E-state index in [0.717, 1.165) is 0 Å². The van der Waals surface area contributed by atoms with Crippen LogP contribution in [0.4, 0.5) is 0 Å². The van der Waals surface area contributed by atoms with Gasteiger partial charge in [0.25, 0.3) is 6.33 Å². The molecule has 2 heterocycles. The van der Waals surface area contributed by atoms with E-state index < -0.39 is 11.9 Å². The van der Waals surface area contributed by atoms with Gasteiger partial charge in [0.05, 0.1) is 6.42 Å². The number of Topliss-reactive ketones (excluding diaryl/α,β-unsaturated/α-hetero) is 1. The molecular weight excluding hydrogens is 264 g/mol. The first-order valence-electron chi connectivity index (χ1n) is 6.07. The Morgan fingerprint density at radius 1 is 1.55 bits per heavy atom. The van der Waals surface area contributed by atoms with E-state index in [-0.39, 0.29) is 18.7 Å². The molecule has 1 atom stereocenters. The number of rotatable bonds is 7. The second kappa shape index (κ2) is 6.04. The van der Waals surface area contributed by atoms with Crippen molar-refractivity contribution >= 4 is 11.8 Å². The Labute approximate surface area is 114 Å². The molecule has 0 amide bonds. The van der Waals surface area contributed by atoms with Crippen LogP contribution in [-0.4, -0.2) is 41.9 Å². The molecule has 9 heteroatoms. The smallest absolute Gasteiger partial charge is 0.304 e. The number of aromatic amines is 1. The molecule has 0 saturated carbocycles. The Kier molecular flexibility index (Phi) is 4.18. The summed E-state index contributed by atoms with van der Waals surface area (Å²) in [7, 11) is 0. The number of nitrogens with one attached hydrogen (secondary N) is 1. The summed E-state index contributed by atoms with van der Waals surface area (Å²) in [6.07, 6.45) is 4.62. The van der Waals surface area contributed by atoms with Gasteiger partial charge in [-0.1, -0.05) is 11.7 Å². The summed E-state index contributed by atoms with van der Waals surface area (Å²) in [5, 5.41) is 16.2. The zero-order valence-corrected chi connectivity index (χ0v) is 10.9. The topological polar surface area (TPSA) is 118 Å². The van der Waals surface area contributed by atoms with Crippen LogP contribution in [0.1, 0.15) is 19.2 Å². The molecule has 9 nitrogen and oxygen atoms in total. The van der Waals surface area contributed by atoms with Crippen LogP contribution in [0.2, 0.25) is 0 Å². The number of hydrogen-bond donors (Lipinski definition) is 2. The molecule has 0 saturated heterocycles. The number of carbonyl (C=O) groups excluding carboxylic acids is 1. The first-order chi connectivity index (χ1) is 9.56. The molecule has 2 rings (SSSR count). The van der Waals surface area contributed by atoms with Crippen molar-refractivity contribution in [3.05, 3.63) is 24.5 Å². The number of carbonyl (C=O) groups is 2. The third-order valence-corrected chi connectivity index (χ3v) is 2.83. The average molecular weight is 279 g/mol. The Balaban J connectivity index is 2.01. The minimum Gasteiger partial charge on any atom is -0.481 e. The molecule has 2 N–H and O–H groups in total. The van der Waals surface area contributed by atoms with E-state index in [4.69, 9.17) is 5.11 Å². The number of aromatic nitrogens is 6. The number of nitrogens with zero attached hydrogens (tertiary/aromatic N) is 5. The third-order valence-electron chi connectivity index (χ3n) is 2.83. The standard InChI is InChI=1S/C11H14N6O3/c1-8(4-11(19)20)9(18)5-17-15-14-7-16(17)6-10-12-2-3-13-10/h2-3,7-8H,4-6H2,1H3,(H-,12,13,19,20)/p+1. The lowest BCUT2D eigenvalue weighted by Gasteiger charge is -2.06. The zero-order valence-electron chi connectivity index (χ0n) is 10.9. The van der Waals surface area contributed by atoms with Crippen molar-refractivity contribution in [2.45, 2.75) is 26.4 Å². The van der Waals surface area contributed by atoms with Crippen LogP contribution < -0.4 is 4.68 Å². The number of H-pyrrole nitrogens is 1. The summed E-state index contributed by atoms with van der Waals surface area (Å²) >= 11 is 0. The van der Waals surface area contributed by atoms with Crippen LogP contribution in [0.15, 0.2) is 18.7 Å². The van der Waals surface area contributed by atoms with Gasteiger partial charge in [-0.05, 0) is 0 Å². The van der Waals surface area contributed by atoms with E-state index >= 15 is 0 Å². The van der Waals surface area contributed by atoms with Crippen LogP contribution in [0, 0.1) is 5.92 Å². The number of carboxylic acids is 1. The molecule has 0 aliphatic carbocycles. The van der Waals surface area contributed by atoms with E-state index in [1.54, 1.807) is 24.0 Å². The Hall–Kier alpha value is -2.58. The minimum atomic E-state index is -0.993. The largest absolute Gasteiger partial charge is 0.481 e. The van der Waals surface area contributed by atoms with Gasteiger partial charge in [0.1, 0.15) is 24.0 Å². The van der Waals surface area contributed by atoms with Crippen LogP contribution in [0.5, 0.6) is 0 Å². The van der Waals surface area contributed by atoms with Gasteiger partial charge in [-0.25, -0.2) is 4.98 Å². The van der Waals surface area contributed by atoms with Crippen molar-refractivity contribution < 1.29 is 19.4 Å². The van der Waals surface area contributed by atoms with Gasteiger partial charge in [-0.15, -0.1) is 0 Å².